The lowest BCUT2D eigenvalue weighted by Crippen LogP contribution is -2.20. The SMILES string of the molecule is COc1ccc(-c2nc3ccccc3c(=O)n2N=Cc2cc(Br)ccc2OC(=O)c2ccc(Br)cc2)cc1. The van der Waals surface area contributed by atoms with Gasteiger partial charge in [-0.15, -0.1) is 0 Å². The predicted molar refractivity (Wildman–Crippen MR) is 154 cm³/mol. The number of benzene rings is 4. The molecule has 0 unspecified atom stereocenters. The molecule has 38 heavy (non-hydrogen) atoms. The van der Waals surface area contributed by atoms with E-state index in [2.05, 4.69) is 37.0 Å². The largest absolute Gasteiger partial charge is 0.497 e. The van der Waals surface area contributed by atoms with E-state index in [4.69, 9.17) is 14.5 Å². The Balaban J connectivity index is 1.58. The fourth-order valence-corrected chi connectivity index (χ4v) is 4.38. The smallest absolute Gasteiger partial charge is 0.343 e. The molecule has 1 aromatic heterocycles. The van der Waals surface area contributed by atoms with Gasteiger partial charge in [0, 0.05) is 20.1 Å². The highest BCUT2D eigenvalue weighted by molar-refractivity contribution is 9.10. The number of rotatable bonds is 6. The van der Waals surface area contributed by atoms with Crippen molar-refractivity contribution in [3.63, 3.8) is 0 Å². The van der Waals surface area contributed by atoms with E-state index in [1.54, 1.807) is 79.9 Å². The number of carbonyl (C=O) groups excluding carboxylic acids is 1. The monoisotopic (exact) mass is 631 g/mol. The highest BCUT2D eigenvalue weighted by Crippen LogP contribution is 2.25. The minimum Gasteiger partial charge on any atom is -0.497 e. The predicted octanol–water partition coefficient (Wildman–Crippen LogP) is 6.70. The van der Waals surface area contributed by atoms with Gasteiger partial charge in [-0.3, -0.25) is 4.79 Å². The summed E-state index contributed by atoms with van der Waals surface area (Å²) in [5.41, 5.74) is 1.80. The minimum atomic E-state index is -0.516. The maximum Gasteiger partial charge on any atom is 0.343 e. The quantitative estimate of drug-likeness (QED) is 0.118. The molecular formula is C29H19Br2N3O4. The van der Waals surface area contributed by atoms with E-state index in [0.717, 1.165) is 8.95 Å². The maximum atomic E-state index is 13.5. The molecule has 0 radical (unpaired) electrons. The zero-order valence-corrected chi connectivity index (χ0v) is 23.1. The summed E-state index contributed by atoms with van der Waals surface area (Å²) in [5, 5.41) is 4.93. The fraction of sp³-hybridized carbons (Fsp3) is 0.0345. The van der Waals surface area contributed by atoms with Crippen LogP contribution in [0.15, 0.2) is 110 Å². The molecule has 9 heteroatoms. The van der Waals surface area contributed by atoms with E-state index in [1.165, 1.54) is 10.9 Å². The number of aromatic nitrogens is 2. The molecule has 0 aliphatic rings. The van der Waals surface area contributed by atoms with Crippen LogP contribution in [0.25, 0.3) is 22.3 Å². The highest BCUT2D eigenvalue weighted by atomic mass is 79.9. The van der Waals surface area contributed by atoms with Crippen molar-refractivity contribution in [2.75, 3.05) is 7.11 Å². The zero-order chi connectivity index (χ0) is 26.6. The molecule has 4 aromatic carbocycles. The average molecular weight is 633 g/mol. The second kappa shape index (κ2) is 11.1. The second-order valence-electron chi connectivity index (χ2n) is 8.12. The lowest BCUT2D eigenvalue weighted by molar-refractivity contribution is 0.0734. The van der Waals surface area contributed by atoms with Crippen LogP contribution < -0.4 is 15.0 Å². The van der Waals surface area contributed by atoms with Gasteiger partial charge in [0.1, 0.15) is 11.5 Å². The zero-order valence-electron chi connectivity index (χ0n) is 20.0. The van der Waals surface area contributed by atoms with E-state index < -0.39 is 5.97 Å². The fourth-order valence-electron chi connectivity index (χ4n) is 3.74. The molecule has 7 nitrogen and oxygen atoms in total. The second-order valence-corrected chi connectivity index (χ2v) is 9.95. The molecule has 0 bridgehead atoms. The van der Waals surface area contributed by atoms with Gasteiger partial charge in [-0.25, -0.2) is 9.78 Å². The van der Waals surface area contributed by atoms with Crippen LogP contribution in [0.3, 0.4) is 0 Å². The number of methoxy groups -OCH3 is 1. The van der Waals surface area contributed by atoms with E-state index in [1.807, 2.05) is 18.2 Å². The van der Waals surface area contributed by atoms with Crippen LogP contribution >= 0.6 is 31.9 Å². The van der Waals surface area contributed by atoms with Crippen molar-refractivity contribution in [2.24, 2.45) is 5.10 Å². The molecule has 0 atom stereocenters. The van der Waals surface area contributed by atoms with Crippen molar-refractivity contribution >= 4 is 54.9 Å². The molecule has 5 aromatic rings. The summed E-state index contributed by atoms with van der Waals surface area (Å²) in [5.74, 6) is 0.810. The van der Waals surface area contributed by atoms with E-state index in [0.29, 0.717) is 39.2 Å². The normalized spacial score (nSPS) is 11.1. The number of esters is 1. The third-order valence-electron chi connectivity index (χ3n) is 5.67. The Kier molecular flexibility index (Phi) is 7.48. The van der Waals surface area contributed by atoms with Gasteiger partial charge in [-0.1, -0.05) is 44.0 Å². The molecule has 0 amide bonds. The van der Waals surface area contributed by atoms with Crippen LogP contribution in [0.2, 0.25) is 0 Å². The van der Waals surface area contributed by atoms with Gasteiger partial charge >= 0.3 is 5.97 Å². The Hall–Kier alpha value is -4.08. The number of halogens is 2. The summed E-state index contributed by atoms with van der Waals surface area (Å²) < 4.78 is 13.8. The molecule has 0 N–H and O–H groups in total. The molecule has 188 valence electrons. The van der Waals surface area contributed by atoms with Crippen molar-refractivity contribution < 1.29 is 14.3 Å². The van der Waals surface area contributed by atoms with Crippen LogP contribution in [0, 0.1) is 0 Å². The van der Waals surface area contributed by atoms with Gasteiger partial charge < -0.3 is 9.47 Å². The summed E-state index contributed by atoms with van der Waals surface area (Å²) in [6.45, 7) is 0. The van der Waals surface area contributed by atoms with Gasteiger partial charge in [0.15, 0.2) is 5.82 Å². The third-order valence-corrected chi connectivity index (χ3v) is 6.69. The lowest BCUT2D eigenvalue weighted by Gasteiger charge is -2.11. The molecule has 5 rings (SSSR count). The van der Waals surface area contributed by atoms with E-state index in [9.17, 15) is 9.59 Å². The first-order valence-corrected chi connectivity index (χ1v) is 13.0. The summed E-state index contributed by atoms with van der Waals surface area (Å²) >= 11 is 6.81. The molecule has 0 saturated carbocycles. The molecule has 1 heterocycles. The van der Waals surface area contributed by atoms with E-state index in [-0.39, 0.29) is 11.3 Å². The van der Waals surface area contributed by atoms with Gasteiger partial charge in [-0.2, -0.15) is 9.78 Å². The first kappa shape index (κ1) is 25.6. The number of hydrogen-bond donors (Lipinski definition) is 0. The Morgan fingerprint density at radius 3 is 2.37 bits per heavy atom. The summed E-state index contributed by atoms with van der Waals surface area (Å²) in [6.07, 6.45) is 1.47. The van der Waals surface area contributed by atoms with Gasteiger partial charge in [0.25, 0.3) is 5.56 Å². The summed E-state index contributed by atoms with van der Waals surface area (Å²) in [6, 6.07) is 26.3. The third kappa shape index (κ3) is 5.44. The van der Waals surface area contributed by atoms with Crippen LogP contribution in [-0.2, 0) is 0 Å². The van der Waals surface area contributed by atoms with Crippen LogP contribution in [0.1, 0.15) is 15.9 Å². The van der Waals surface area contributed by atoms with Gasteiger partial charge in [0.05, 0.1) is 29.8 Å². The number of nitrogens with zero attached hydrogens (tertiary/aromatic N) is 3. The summed E-state index contributed by atoms with van der Waals surface area (Å²) in [4.78, 5) is 31.0. The molecule has 0 fully saturated rings. The molecule has 0 saturated heterocycles. The Morgan fingerprint density at radius 2 is 1.63 bits per heavy atom. The van der Waals surface area contributed by atoms with E-state index >= 15 is 0 Å². The standard InChI is InChI=1S/C29H19Br2N3O4/c1-37-23-13-8-18(9-14-23)27-33-25-5-3-2-4-24(25)28(35)34(27)32-17-20-16-22(31)12-15-26(20)38-29(36)19-6-10-21(30)11-7-19/h2-17H,1H3. The number of hydrogen-bond acceptors (Lipinski definition) is 6. The number of fused-ring (bicyclic) bond motifs is 1. The van der Waals surface area contributed by atoms with Crippen LogP contribution in [0.5, 0.6) is 11.5 Å². The van der Waals surface area contributed by atoms with Crippen molar-refractivity contribution in [1.29, 1.82) is 0 Å². The highest BCUT2D eigenvalue weighted by Gasteiger charge is 2.15. The van der Waals surface area contributed by atoms with Gasteiger partial charge in [-0.05, 0) is 78.9 Å². The van der Waals surface area contributed by atoms with Crippen molar-refractivity contribution in [1.82, 2.24) is 9.66 Å². The lowest BCUT2D eigenvalue weighted by atomic mass is 10.2. The maximum absolute atomic E-state index is 13.5. The van der Waals surface area contributed by atoms with Crippen molar-refractivity contribution in [3.8, 4) is 22.9 Å². The topological polar surface area (TPSA) is 82.8 Å². The van der Waals surface area contributed by atoms with Crippen LogP contribution in [0.4, 0.5) is 0 Å². The summed E-state index contributed by atoms with van der Waals surface area (Å²) in [7, 11) is 1.59. The van der Waals surface area contributed by atoms with Crippen molar-refractivity contribution in [3.05, 3.63) is 121 Å². The minimum absolute atomic E-state index is 0.290. The first-order chi connectivity index (χ1) is 18.4. The van der Waals surface area contributed by atoms with Gasteiger partial charge in [0.2, 0.25) is 0 Å². The Morgan fingerprint density at radius 1 is 0.921 bits per heavy atom. The molecular weight excluding hydrogens is 614 g/mol. The molecule has 0 spiro atoms. The average Bonchev–Trinajstić information content (AvgIpc) is 2.94. The molecule has 0 aliphatic carbocycles. The Bertz CT molecular complexity index is 1730. The first-order valence-electron chi connectivity index (χ1n) is 11.4. The van der Waals surface area contributed by atoms with Crippen LogP contribution in [-0.4, -0.2) is 29.0 Å². The number of para-hydroxylation sites is 1. The van der Waals surface area contributed by atoms with Crippen molar-refractivity contribution in [2.45, 2.75) is 0 Å². The number of carbonyl (C=O) groups is 1. The Labute approximate surface area is 234 Å². The number of ether oxygens (including phenoxy) is 2. The molecule has 0 aliphatic heterocycles.